The average molecular weight is 224 g/mol. The normalized spacial score (nSPS) is 11.2. The first kappa shape index (κ1) is 10.5. The molecule has 15 heavy (non-hydrogen) atoms. The molecule has 0 unspecified atom stereocenters. The van der Waals surface area contributed by atoms with E-state index in [0.29, 0.717) is 5.15 Å². The summed E-state index contributed by atoms with van der Waals surface area (Å²) < 4.78 is 2.02. The first-order valence-electron chi connectivity index (χ1n) is 5.07. The zero-order chi connectivity index (χ0) is 11.0. The van der Waals surface area contributed by atoms with Gasteiger partial charge in [0.1, 0.15) is 5.15 Å². The molecule has 0 aliphatic carbocycles. The number of nitrogens with zero attached hydrogens (tertiary/aromatic N) is 1. The van der Waals surface area contributed by atoms with Crippen molar-refractivity contribution in [3.05, 3.63) is 34.5 Å². The first-order valence-corrected chi connectivity index (χ1v) is 5.45. The van der Waals surface area contributed by atoms with Gasteiger partial charge in [0.25, 0.3) is 0 Å². The fraction of sp³-hybridized carbons (Fsp3) is 0.333. The summed E-state index contributed by atoms with van der Waals surface area (Å²) in [7, 11) is 0. The van der Waals surface area contributed by atoms with Gasteiger partial charge in [-0.05, 0) is 26.0 Å². The zero-order valence-corrected chi connectivity index (χ0v) is 9.67. The van der Waals surface area contributed by atoms with Crippen LogP contribution < -0.4 is 0 Å². The van der Waals surface area contributed by atoms with Crippen molar-refractivity contribution in [2.24, 2.45) is 0 Å². The lowest BCUT2D eigenvalue weighted by Crippen LogP contribution is -1.93. The van der Waals surface area contributed by atoms with Gasteiger partial charge in [0, 0.05) is 23.0 Å². The van der Waals surface area contributed by atoms with Crippen LogP contribution in [0.5, 0.6) is 0 Å². The SMILES string of the molecule is CCn1c(Cl)c(CO)c2cc(C)ccc21. The summed E-state index contributed by atoms with van der Waals surface area (Å²) >= 11 is 6.21. The molecule has 2 rings (SSSR count). The molecule has 2 aromatic rings. The van der Waals surface area contributed by atoms with Gasteiger partial charge in [0.2, 0.25) is 0 Å². The van der Waals surface area contributed by atoms with Crippen molar-refractivity contribution in [1.29, 1.82) is 0 Å². The second-order valence-corrected chi connectivity index (χ2v) is 4.05. The molecule has 3 heteroatoms. The van der Waals surface area contributed by atoms with E-state index in [0.717, 1.165) is 23.0 Å². The third-order valence-corrected chi connectivity index (χ3v) is 3.16. The maximum Gasteiger partial charge on any atom is 0.115 e. The summed E-state index contributed by atoms with van der Waals surface area (Å²) in [5.41, 5.74) is 3.11. The Morgan fingerprint density at radius 1 is 1.40 bits per heavy atom. The van der Waals surface area contributed by atoms with Crippen LogP contribution in [0.3, 0.4) is 0 Å². The molecule has 0 aliphatic rings. The molecule has 0 saturated heterocycles. The smallest absolute Gasteiger partial charge is 0.115 e. The predicted molar refractivity (Wildman–Crippen MR) is 63.3 cm³/mol. The number of aliphatic hydroxyl groups is 1. The summed E-state index contributed by atoms with van der Waals surface area (Å²) in [5.74, 6) is 0. The number of aliphatic hydroxyl groups excluding tert-OH is 1. The van der Waals surface area contributed by atoms with Gasteiger partial charge >= 0.3 is 0 Å². The fourth-order valence-corrected chi connectivity index (χ4v) is 2.34. The van der Waals surface area contributed by atoms with E-state index in [1.165, 1.54) is 5.56 Å². The number of aromatic nitrogens is 1. The lowest BCUT2D eigenvalue weighted by atomic mass is 10.1. The molecule has 0 saturated carbocycles. The Morgan fingerprint density at radius 2 is 2.13 bits per heavy atom. The van der Waals surface area contributed by atoms with E-state index in [4.69, 9.17) is 11.6 Å². The fourth-order valence-electron chi connectivity index (χ4n) is 1.97. The van der Waals surface area contributed by atoms with Crippen molar-refractivity contribution < 1.29 is 5.11 Å². The molecule has 1 N–H and O–H groups in total. The van der Waals surface area contributed by atoms with E-state index in [9.17, 15) is 5.11 Å². The molecule has 80 valence electrons. The summed E-state index contributed by atoms with van der Waals surface area (Å²) in [4.78, 5) is 0. The maximum absolute atomic E-state index is 9.32. The Balaban J connectivity index is 2.85. The number of hydrogen-bond acceptors (Lipinski definition) is 1. The molecule has 1 heterocycles. The Labute approximate surface area is 94.1 Å². The zero-order valence-electron chi connectivity index (χ0n) is 8.92. The molecule has 0 fully saturated rings. The van der Waals surface area contributed by atoms with E-state index in [2.05, 4.69) is 18.2 Å². The van der Waals surface area contributed by atoms with Gasteiger partial charge in [-0.2, -0.15) is 0 Å². The number of fused-ring (bicyclic) bond motifs is 1. The predicted octanol–water partition coefficient (Wildman–Crippen LogP) is 3.12. The molecule has 0 spiro atoms. The number of hydrogen-bond donors (Lipinski definition) is 1. The minimum atomic E-state index is -0.00815. The quantitative estimate of drug-likeness (QED) is 0.832. The van der Waals surface area contributed by atoms with Gasteiger partial charge in [0.05, 0.1) is 6.61 Å². The van der Waals surface area contributed by atoms with Crippen molar-refractivity contribution in [1.82, 2.24) is 4.57 Å². The maximum atomic E-state index is 9.32. The second-order valence-electron chi connectivity index (χ2n) is 3.69. The van der Waals surface area contributed by atoms with Gasteiger partial charge in [0.15, 0.2) is 0 Å². The Morgan fingerprint density at radius 3 is 2.73 bits per heavy atom. The van der Waals surface area contributed by atoms with E-state index in [-0.39, 0.29) is 6.61 Å². The van der Waals surface area contributed by atoms with E-state index in [1.54, 1.807) is 0 Å². The summed E-state index contributed by atoms with van der Waals surface area (Å²) in [6.45, 7) is 4.90. The van der Waals surface area contributed by atoms with Crippen molar-refractivity contribution >= 4 is 22.5 Å². The highest BCUT2D eigenvalue weighted by Crippen LogP contribution is 2.30. The molecular formula is C12H14ClNO. The molecule has 0 radical (unpaired) electrons. The third kappa shape index (κ3) is 1.54. The van der Waals surface area contributed by atoms with Crippen LogP contribution in [0.4, 0.5) is 0 Å². The third-order valence-electron chi connectivity index (χ3n) is 2.73. The monoisotopic (exact) mass is 223 g/mol. The molecule has 1 aromatic carbocycles. The Hall–Kier alpha value is -0.990. The molecule has 2 nitrogen and oxygen atoms in total. The van der Waals surface area contributed by atoms with Crippen molar-refractivity contribution in [3.8, 4) is 0 Å². The van der Waals surface area contributed by atoms with Crippen LogP contribution in [0.1, 0.15) is 18.1 Å². The number of halogens is 1. The highest BCUT2D eigenvalue weighted by molar-refractivity contribution is 6.32. The standard InChI is InChI=1S/C12H14ClNO/c1-3-14-11-5-4-8(2)6-9(11)10(7-15)12(14)13/h4-6,15H,3,7H2,1-2H3. The van der Waals surface area contributed by atoms with Crippen LogP contribution in [0.15, 0.2) is 18.2 Å². The van der Waals surface area contributed by atoms with Crippen molar-refractivity contribution in [2.75, 3.05) is 0 Å². The van der Waals surface area contributed by atoms with Gasteiger partial charge < -0.3 is 9.67 Å². The molecule has 0 atom stereocenters. The molecule has 0 aliphatic heterocycles. The Kier molecular flexibility index (Phi) is 2.72. The first-order chi connectivity index (χ1) is 7.19. The molecule has 0 bridgehead atoms. The van der Waals surface area contributed by atoms with Crippen molar-refractivity contribution in [2.45, 2.75) is 27.0 Å². The van der Waals surface area contributed by atoms with E-state index < -0.39 is 0 Å². The van der Waals surface area contributed by atoms with Gasteiger partial charge in [-0.1, -0.05) is 23.2 Å². The molecule has 0 amide bonds. The largest absolute Gasteiger partial charge is 0.392 e. The van der Waals surface area contributed by atoms with E-state index in [1.807, 2.05) is 18.4 Å². The van der Waals surface area contributed by atoms with Crippen LogP contribution in [-0.4, -0.2) is 9.67 Å². The second kappa shape index (κ2) is 3.87. The lowest BCUT2D eigenvalue weighted by Gasteiger charge is -2.02. The molecular weight excluding hydrogens is 210 g/mol. The van der Waals surface area contributed by atoms with Crippen LogP contribution >= 0.6 is 11.6 Å². The number of aryl methyl sites for hydroxylation is 2. The summed E-state index contributed by atoms with van der Waals surface area (Å²) in [6.07, 6.45) is 0. The average Bonchev–Trinajstić information content (AvgIpc) is 2.48. The van der Waals surface area contributed by atoms with Crippen LogP contribution in [0.2, 0.25) is 5.15 Å². The summed E-state index contributed by atoms with van der Waals surface area (Å²) in [6, 6.07) is 6.18. The topological polar surface area (TPSA) is 25.2 Å². The summed E-state index contributed by atoms with van der Waals surface area (Å²) in [5, 5.41) is 11.0. The minimum Gasteiger partial charge on any atom is -0.392 e. The number of benzene rings is 1. The van der Waals surface area contributed by atoms with E-state index >= 15 is 0 Å². The highest BCUT2D eigenvalue weighted by Gasteiger charge is 2.13. The van der Waals surface area contributed by atoms with Crippen LogP contribution in [0, 0.1) is 6.92 Å². The van der Waals surface area contributed by atoms with Gasteiger partial charge in [-0.15, -0.1) is 0 Å². The van der Waals surface area contributed by atoms with Gasteiger partial charge in [-0.3, -0.25) is 0 Å². The lowest BCUT2D eigenvalue weighted by molar-refractivity contribution is 0.283. The van der Waals surface area contributed by atoms with Crippen molar-refractivity contribution in [3.63, 3.8) is 0 Å². The minimum absolute atomic E-state index is 0.00815. The highest BCUT2D eigenvalue weighted by atomic mass is 35.5. The van der Waals surface area contributed by atoms with Crippen LogP contribution in [0.25, 0.3) is 10.9 Å². The van der Waals surface area contributed by atoms with Gasteiger partial charge in [-0.25, -0.2) is 0 Å². The Bertz CT molecular complexity index is 502. The van der Waals surface area contributed by atoms with Crippen LogP contribution in [-0.2, 0) is 13.2 Å². The number of rotatable bonds is 2. The molecule has 1 aromatic heterocycles.